The van der Waals surface area contributed by atoms with Crippen LogP contribution >= 0.6 is 0 Å². The lowest BCUT2D eigenvalue weighted by Gasteiger charge is -2.14. The second-order valence-electron chi connectivity index (χ2n) is 14.0. The van der Waals surface area contributed by atoms with E-state index < -0.39 is 0 Å². The topological polar surface area (TPSA) is 38.9 Å². The van der Waals surface area contributed by atoms with E-state index >= 15 is 0 Å². The Morgan fingerprint density at radius 3 is 1.75 bits per heavy atom. The van der Waals surface area contributed by atoms with Crippen molar-refractivity contribution < 1.29 is 4.42 Å². The summed E-state index contributed by atoms with van der Waals surface area (Å²) >= 11 is 0. The number of para-hydroxylation sites is 1. The van der Waals surface area contributed by atoms with E-state index in [9.17, 15) is 0 Å². The van der Waals surface area contributed by atoms with Crippen LogP contribution in [-0.2, 0) is 0 Å². The summed E-state index contributed by atoms with van der Waals surface area (Å²) in [6, 6.07) is 54.9. The van der Waals surface area contributed by atoms with Gasteiger partial charge in [0, 0.05) is 39.3 Å². The summed E-state index contributed by atoms with van der Waals surface area (Å²) in [5, 5.41) is 9.53. The predicted molar refractivity (Wildman–Crippen MR) is 220 cm³/mol. The van der Waals surface area contributed by atoms with E-state index in [-0.39, 0.29) is 0 Å². The molecular weight excluding hydrogens is 645 g/mol. The molecule has 0 bridgehead atoms. The minimum Gasteiger partial charge on any atom is -0.456 e. The molecular formula is C50H32N2O. The molecule has 0 fully saturated rings. The first kappa shape index (κ1) is 29.8. The molecule has 0 saturated carbocycles. The average molecular weight is 677 g/mol. The monoisotopic (exact) mass is 676 g/mol. The largest absolute Gasteiger partial charge is 0.456 e. The predicted octanol–water partition coefficient (Wildman–Crippen LogP) is 11.6. The van der Waals surface area contributed by atoms with Crippen molar-refractivity contribution in [3.63, 3.8) is 0 Å². The van der Waals surface area contributed by atoms with Gasteiger partial charge in [-0.2, -0.15) is 0 Å². The summed E-state index contributed by atoms with van der Waals surface area (Å²) < 4.78 is 6.46. The second-order valence-corrected chi connectivity index (χ2v) is 14.0. The highest BCUT2D eigenvalue weighted by molar-refractivity contribution is 6.23. The molecule has 0 amide bonds. The van der Waals surface area contributed by atoms with Gasteiger partial charge in [-0.3, -0.25) is 9.97 Å². The second kappa shape index (κ2) is 11.9. The number of fused-ring (bicyclic) bond motifs is 10. The molecule has 11 rings (SSSR count). The SMILES string of the molecule is C1=c2c(oc3ccccc23)=C(c2cccc(-c3cccc4c(-c5cccc(-c6ccc7c8ccccc8c8nccnc8c7c6)c5)cccc34)c2)CC1. The number of hydrogen-bond donors (Lipinski definition) is 0. The number of aromatic nitrogens is 2. The van der Waals surface area contributed by atoms with E-state index in [2.05, 4.69) is 152 Å². The molecule has 0 aliphatic heterocycles. The number of nitrogens with zero attached hydrogens (tertiary/aromatic N) is 2. The van der Waals surface area contributed by atoms with Crippen LogP contribution in [0.3, 0.4) is 0 Å². The maximum Gasteiger partial charge on any atom is 0.138 e. The van der Waals surface area contributed by atoms with Gasteiger partial charge in [-0.05, 0) is 97.6 Å². The van der Waals surface area contributed by atoms with Gasteiger partial charge >= 0.3 is 0 Å². The number of hydrogen-bond acceptors (Lipinski definition) is 3. The van der Waals surface area contributed by atoms with Gasteiger partial charge in [0.15, 0.2) is 0 Å². The van der Waals surface area contributed by atoms with E-state index in [0.717, 1.165) is 51.2 Å². The zero-order valence-electron chi connectivity index (χ0n) is 28.9. The lowest BCUT2D eigenvalue weighted by molar-refractivity contribution is 0.568. The first-order chi connectivity index (χ1) is 26.3. The van der Waals surface area contributed by atoms with Gasteiger partial charge < -0.3 is 4.42 Å². The zero-order valence-corrected chi connectivity index (χ0v) is 28.9. The van der Waals surface area contributed by atoms with Crippen LogP contribution in [0.4, 0.5) is 0 Å². The Kier molecular flexibility index (Phi) is 6.68. The van der Waals surface area contributed by atoms with E-state index in [0.29, 0.717) is 0 Å². The number of furan rings is 1. The molecule has 2 aromatic heterocycles. The molecule has 3 nitrogen and oxygen atoms in total. The first-order valence-corrected chi connectivity index (χ1v) is 18.3. The molecule has 0 spiro atoms. The molecule has 248 valence electrons. The Bertz CT molecular complexity index is 3210. The van der Waals surface area contributed by atoms with Crippen molar-refractivity contribution in [1.82, 2.24) is 9.97 Å². The van der Waals surface area contributed by atoms with Gasteiger partial charge in [0.1, 0.15) is 11.0 Å². The number of rotatable bonds is 4. The van der Waals surface area contributed by atoms with Crippen LogP contribution in [-0.4, -0.2) is 9.97 Å². The molecule has 2 heterocycles. The average Bonchev–Trinajstić information content (AvgIpc) is 3.62. The van der Waals surface area contributed by atoms with Gasteiger partial charge in [0.2, 0.25) is 0 Å². The fraction of sp³-hybridized carbons (Fsp3) is 0.0400. The van der Waals surface area contributed by atoms with Crippen molar-refractivity contribution in [2.75, 3.05) is 0 Å². The molecule has 1 aliphatic carbocycles. The molecule has 0 saturated heterocycles. The van der Waals surface area contributed by atoms with Gasteiger partial charge in [-0.15, -0.1) is 0 Å². The maximum absolute atomic E-state index is 6.46. The molecule has 0 unspecified atom stereocenters. The van der Waals surface area contributed by atoms with E-state index in [1.807, 2.05) is 6.07 Å². The Morgan fingerprint density at radius 1 is 0.415 bits per heavy atom. The number of benzene rings is 8. The van der Waals surface area contributed by atoms with Gasteiger partial charge in [-0.25, -0.2) is 0 Å². The van der Waals surface area contributed by atoms with Crippen LogP contribution in [0.25, 0.3) is 99.3 Å². The summed E-state index contributed by atoms with van der Waals surface area (Å²) in [5.41, 5.74) is 13.5. The molecule has 0 radical (unpaired) electrons. The van der Waals surface area contributed by atoms with E-state index in [1.165, 1.54) is 71.1 Å². The quantitative estimate of drug-likeness (QED) is 0.174. The minimum atomic E-state index is 0.933. The van der Waals surface area contributed by atoms with Crippen LogP contribution < -0.4 is 10.6 Å². The first-order valence-electron chi connectivity index (χ1n) is 18.3. The molecule has 0 N–H and O–H groups in total. The third-order valence-electron chi connectivity index (χ3n) is 11.0. The summed E-state index contributed by atoms with van der Waals surface area (Å²) in [6.45, 7) is 0. The van der Waals surface area contributed by atoms with Crippen molar-refractivity contribution in [2.24, 2.45) is 0 Å². The van der Waals surface area contributed by atoms with Crippen LogP contribution in [0.2, 0.25) is 0 Å². The van der Waals surface area contributed by atoms with Crippen molar-refractivity contribution in [2.45, 2.75) is 12.8 Å². The molecule has 8 aromatic carbocycles. The van der Waals surface area contributed by atoms with Gasteiger partial charge in [0.25, 0.3) is 0 Å². The van der Waals surface area contributed by atoms with Gasteiger partial charge in [0.05, 0.1) is 11.0 Å². The van der Waals surface area contributed by atoms with Crippen molar-refractivity contribution in [3.8, 4) is 33.4 Å². The fourth-order valence-corrected chi connectivity index (χ4v) is 8.61. The third kappa shape index (κ3) is 4.74. The highest BCUT2D eigenvalue weighted by atomic mass is 16.3. The highest BCUT2D eigenvalue weighted by Gasteiger charge is 2.16. The fourth-order valence-electron chi connectivity index (χ4n) is 8.61. The zero-order chi connectivity index (χ0) is 34.9. The third-order valence-corrected chi connectivity index (χ3v) is 11.0. The van der Waals surface area contributed by atoms with E-state index in [4.69, 9.17) is 14.4 Å². The normalized spacial score (nSPS) is 12.9. The highest BCUT2D eigenvalue weighted by Crippen LogP contribution is 2.39. The van der Waals surface area contributed by atoms with Crippen LogP contribution in [0.5, 0.6) is 0 Å². The standard InChI is InChI=1S/C50H32N2O/c1-2-16-44-41(14-1)42-25-24-32(30-46(42)49-48(44)51-26-27-52-49)31-10-5-11-33(28-31)36-17-7-21-40-37(18-8-20-39(36)40)34-12-6-13-35(29-34)38-19-9-22-45-43-15-3-4-23-47(43)53-50(38)45/h1-8,10-18,20-30H,9,19H2. The van der Waals surface area contributed by atoms with Crippen LogP contribution in [0.15, 0.2) is 168 Å². The Balaban J connectivity index is 1.02. The molecule has 53 heavy (non-hydrogen) atoms. The van der Waals surface area contributed by atoms with Crippen LogP contribution in [0.1, 0.15) is 18.4 Å². The van der Waals surface area contributed by atoms with Crippen molar-refractivity contribution in [1.29, 1.82) is 0 Å². The van der Waals surface area contributed by atoms with Crippen molar-refractivity contribution in [3.05, 3.63) is 180 Å². The Hall–Kier alpha value is -6.84. The van der Waals surface area contributed by atoms with Crippen LogP contribution in [0, 0.1) is 0 Å². The van der Waals surface area contributed by atoms with Crippen molar-refractivity contribution >= 4 is 66.0 Å². The summed E-state index contributed by atoms with van der Waals surface area (Å²) in [7, 11) is 0. The lowest BCUT2D eigenvalue weighted by atomic mass is 9.89. The molecule has 10 aromatic rings. The molecule has 1 aliphatic rings. The van der Waals surface area contributed by atoms with Gasteiger partial charge in [-0.1, -0.05) is 133 Å². The molecule has 0 atom stereocenters. The van der Waals surface area contributed by atoms with E-state index in [1.54, 1.807) is 12.4 Å². The lowest BCUT2D eigenvalue weighted by Crippen LogP contribution is -2.26. The smallest absolute Gasteiger partial charge is 0.138 e. The Morgan fingerprint density at radius 2 is 0.981 bits per heavy atom. The summed E-state index contributed by atoms with van der Waals surface area (Å²) in [4.78, 5) is 9.56. The summed E-state index contributed by atoms with van der Waals surface area (Å²) in [6.07, 6.45) is 7.87. The molecule has 3 heteroatoms. The Labute approximate surface area is 305 Å². The maximum atomic E-state index is 6.46. The minimum absolute atomic E-state index is 0.933. The summed E-state index contributed by atoms with van der Waals surface area (Å²) in [5.74, 6) is 0.